The Balaban J connectivity index is 1.47. The molecule has 6 heteroatoms. The highest BCUT2D eigenvalue weighted by Gasteiger charge is 2.52. The topological polar surface area (TPSA) is 84.5 Å². The number of nitrogens with one attached hydrogen (secondary N) is 2. The van der Waals surface area contributed by atoms with E-state index < -0.39 is 11.5 Å². The third-order valence-corrected chi connectivity index (χ3v) is 6.12. The minimum absolute atomic E-state index is 0.110. The molecule has 0 bridgehead atoms. The molecule has 4 rings (SSSR count). The van der Waals surface area contributed by atoms with E-state index in [9.17, 15) is 14.4 Å². The number of hydrogen-bond donors (Lipinski definition) is 2. The second-order valence-electron chi connectivity index (χ2n) is 8.20. The lowest BCUT2D eigenvalue weighted by Gasteiger charge is -2.36. The fourth-order valence-electron chi connectivity index (χ4n) is 4.50. The summed E-state index contributed by atoms with van der Waals surface area (Å²) in [6.07, 6.45) is 4.60. The number of carbonyl (C=O) groups excluding carboxylic acids is 3. The molecule has 2 aromatic carbocycles. The summed E-state index contributed by atoms with van der Waals surface area (Å²) in [6.45, 7) is 1.93. The van der Waals surface area contributed by atoms with E-state index in [-0.39, 0.29) is 24.2 Å². The molecule has 2 aliphatic rings. The number of anilines is 2. The highest BCUT2D eigenvalue weighted by molar-refractivity contribution is 6.06. The monoisotopic (exact) mass is 406 g/mol. The van der Waals surface area contributed by atoms with Gasteiger partial charge in [0, 0.05) is 16.9 Å². The molecule has 1 spiro atoms. The average molecular weight is 406 g/mol. The number of hydrogen-bond acceptors (Lipinski definition) is 4. The number of ether oxygens (including phenoxy) is 1. The van der Waals surface area contributed by atoms with Gasteiger partial charge in [-0.1, -0.05) is 30.7 Å². The molecule has 2 fully saturated rings. The van der Waals surface area contributed by atoms with Crippen LogP contribution in [0, 0.1) is 12.8 Å². The maximum Gasteiger partial charge on any atom is 0.307 e. The lowest BCUT2D eigenvalue weighted by Crippen LogP contribution is -2.43. The van der Waals surface area contributed by atoms with Crippen LogP contribution in [-0.2, 0) is 14.3 Å². The molecule has 156 valence electrons. The van der Waals surface area contributed by atoms with E-state index in [1.54, 1.807) is 24.3 Å². The van der Waals surface area contributed by atoms with E-state index in [0.717, 1.165) is 43.4 Å². The van der Waals surface area contributed by atoms with Gasteiger partial charge in [0.25, 0.3) is 5.91 Å². The molecular formula is C24H26N2O4. The number of carbonyl (C=O) groups is 3. The summed E-state index contributed by atoms with van der Waals surface area (Å²) in [5, 5.41) is 5.79. The van der Waals surface area contributed by atoms with Crippen LogP contribution in [0.25, 0.3) is 0 Å². The van der Waals surface area contributed by atoms with Crippen molar-refractivity contribution in [3.05, 3.63) is 59.7 Å². The second kappa shape index (κ2) is 8.30. The van der Waals surface area contributed by atoms with E-state index in [4.69, 9.17) is 4.74 Å². The first-order valence-electron chi connectivity index (χ1n) is 10.5. The zero-order valence-corrected chi connectivity index (χ0v) is 17.1. The lowest BCUT2D eigenvalue weighted by molar-refractivity contribution is -0.153. The third-order valence-electron chi connectivity index (χ3n) is 6.12. The predicted molar refractivity (Wildman–Crippen MR) is 114 cm³/mol. The number of aryl methyl sites for hydroxylation is 1. The molecule has 2 aromatic rings. The van der Waals surface area contributed by atoms with Crippen molar-refractivity contribution in [3.63, 3.8) is 0 Å². The fraction of sp³-hybridized carbons (Fsp3) is 0.375. The molecule has 1 saturated carbocycles. The van der Waals surface area contributed by atoms with Gasteiger partial charge in [-0.15, -0.1) is 0 Å². The second-order valence-corrected chi connectivity index (χ2v) is 8.20. The zero-order valence-electron chi connectivity index (χ0n) is 17.1. The van der Waals surface area contributed by atoms with Crippen molar-refractivity contribution in [1.29, 1.82) is 0 Å². The molecule has 6 nitrogen and oxygen atoms in total. The molecule has 1 unspecified atom stereocenters. The normalized spacial score (nSPS) is 19.9. The van der Waals surface area contributed by atoms with E-state index in [2.05, 4.69) is 10.6 Å². The maximum atomic E-state index is 13.0. The van der Waals surface area contributed by atoms with Gasteiger partial charge in [-0.2, -0.15) is 0 Å². The first-order valence-corrected chi connectivity index (χ1v) is 10.5. The number of benzene rings is 2. The molecule has 1 atom stereocenters. The van der Waals surface area contributed by atoms with Crippen LogP contribution in [0.3, 0.4) is 0 Å². The van der Waals surface area contributed by atoms with Crippen molar-refractivity contribution < 1.29 is 19.1 Å². The molecule has 1 aliphatic heterocycles. The Hall–Kier alpha value is -3.15. The summed E-state index contributed by atoms with van der Waals surface area (Å²) in [5.41, 5.74) is 2.03. The molecule has 30 heavy (non-hydrogen) atoms. The van der Waals surface area contributed by atoms with E-state index in [1.807, 2.05) is 31.2 Å². The Kier molecular flexibility index (Phi) is 5.57. The van der Waals surface area contributed by atoms with Crippen molar-refractivity contribution in [1.82, 2.24) is 0 Å². The van der Waals surface area contributed by atoms with Crippen LogP contribution in [0.5, 0.6) is 0 Å². The number of rotatable bonds is 4. The van der Waals surface area contributed by atoms with Crippen LogP contribution in [0.2, 0.25) is 0 Å². The zero-order chi connectivity index (χ0) is 21.1. The Morgan fingerprint density at radius 3 is 2.53 bits per heavy atom. The summed E-state index contributed by atoms with van der Waals surface area (Å²) in [4.78, 5) is 37.6. The number of esters is 1. The van der Waals surface area contributed by atoms with E-state index in [1.165, 1.54) is 0 Å². The van der Waals surface area contributed by atoms with Crippen molar-refractivity contribution in [2.75, 3.05) is 10.6 Å². The van der Waals surface area contributed by atoms with Gasteiger partial charge in [-0.25, -0.2) is 0 Å². The lowest BCUT2D eigenvalue weighted by atomic mass is 9.75. The molecule has 2 amide bonds. The standard InChI is InChI=1S/C24H26N2O4/c1-16-8-3-4-11-20(16)26-22(28)17-9-7-10-18(14-17)25-23(29)19-15-21(27)30-24(19)12-5-2-6-13-24/h3-4,7-11,14,19H,2,5-6,12-13,15H2,1H3,(H,25,29)(H,26,28). The fourth-order valence-corrected chi connectivity index (χ4v) is 4.50. The summed E-state index contributed by atoms with van der Waals surface area (Å²) >= 11 is 0. The summed E-state index contributed by atoms with van der Waals surface area (Å²) in [6, 6.07) is 14.4. The van der Waals surface area contributed by atoms with Gasteiger partial charge < -0.3 is 15.4 Å². The van der Waals surface area contributed by atoms with Crippen LogP contribution in [-0.4, -0.2) is 23.4 Å². The van der Waals surface area contributed by atoms with Gasteiger partial charge in [0.2, 0.25) is 5.91 Å². The largest absolute Gasteiger partial charge is 0.458 e. The van der Waals surface area contributed by atoms with Gasteiger partial charge in [0.1, 0.15) is 5.60 Å². The van der Waals surface area contributed by atoms with Crippen LogP contribution in [0.4, 0.5) is 11.4 Å². The number of para-hydroxylation sites is 1. The van der Waals surface area contributed by atoms with Gasteiger partial charge >= 0.3 is 5.97 Å². The molecule has 1 heterocycles. The van der Waals surface area contributed by atoms with E-state index in [0.29, 0.717) is 11.3 Å². The van der Waals surface area contributed by atoms with Crippen LogP contribution in [0.15, 0.2) is 48.5 Å². The minimum Gasteiger partial charge on any atom is -0.458 e. The number of amides is 2. The molecule has 1 saturated heterocycles. The third kappa shape index (κ3) is 4.08. The van der Waals surface area contributed by atoms with Crippen LogP contribution >= 0.6 is 0 Å². The quantitative estimate of drug-likeness (QED) is 0.735. The molecule has 0 aromatic heterocycles. The van der Waals surface area contributed by atoms with Gasteiger partial charge in [-0.05, 0) is 62.4 Å². The molecule has 1 aliphatic carbocycles. The van der Waals surface area contributed by atoms with Gasteiger partial charge in [0.05, 0.1) is 12.3 Å². The summed E-state index contributed by atoms with van der Waals surface area (Å²) in [5.74, 6) is -1.26. The molecule has 2 N–H and O–H groups in total. The Labute approximate surface area is 176 Å². The maximum absolute atomic E-state index is 13.0. The Bertz CT molecular complexity index is 979. The Morgan fingerprint density at radius 1 is 1.00 bits per heavy atom. The smallest absolute Gasteiger partial charge is 0.307 e. The first-order chi connectivity index (χ1) is 14.5. The highest BCUT2D eigenvalue weighted by Crippen LogP contribution is 2.44. The molecule has 0 radical (unpaired) electrons. The predicted octanol–water partition coefficient (Wildman–Crippen LogP) is 4.45. The Morgan fingerprint density at radius 2 is 1.77 bits per heavy atom. The minimum atomic E-state index is -0.667. The SMILES string of the molecule is Cc1ccccc1NC(=O)c1cccc(NC(=O)C2CC(=O)OC23CCCCC3)c1. The summed E-state index contributed by atoms with van der Waals surface area (Å²) in [7, 11) is 0. The molecular weight excluding hydrogens is 380 g/mol. The van der Waals surface area contributed by atoms with Crippen molar-refractivity contribution >= 4 is 29.2 Å². The van der Waals surface area contributed by atoms with Gasteiger partial charge in [0.15, 0.2) is 0 Å². The average Bonchev–Trinajstić information content (AvgIpc) is 3.05. The summed E-state index contributed by atoms with van der Waals surface area (Å²) < 4.78 is 5.64. The highest BCUT2D eigenvalue weighted by atomic mass is 16.6. The van der Waals surface area contributed by atoms with Crippen LogP contribution < -0.4 is 10.6 Å². The first kappa shape index (κ1) is 20.1. The van der Waals surface area contributed by atoms with Gasteiger partial charge in [-0.3, -0.25) is 14.4 Å². The van der Waals surface area contributed by atoms with Crippen molar-refractivity contribution in [3.8, 4) is 0 Å². The van der Waals surface area contributed by atoms with Crippen LogP contribution in [0.1, 0.15) is 54.4 Å². The van der Waals surface area contributed by atoms with Crippen molar-refractivity contribution in [2.24, 2.45) is 5.92 Å². The van der Waals surface area contributed by atoms with E-state index >= 15 is 0 Å². The van der Waals surface area contributed by atoms with Crippen molar-refractivity contribution in [2.45, 2.75) is 51.0 Å².